The molecule has 0 saturated heterocycles. The summed E-state index contributed by atoms with van der Waals surface area (Å²) in [5.74, 6) is 0.106. The molecule has 0 unspecified atom stereocenters. The second kappa shape index (κ2) is 4.63. The van der Waals surface area contributed by atoms with E-state index < -0.39 is 0 Å². The number of rotatable bonds is 2. The molecule has 0 atom stereocenters. The number of pyridine rings is 1. The van der Waals surface area contributed by atoms with Gasteiger partial charge in [-0.05, 0) is 28.5 Å². The molecule has 0 aliphatic carbocycles. The highest BCUT2D eigenvalue weighted by atomic mass is 16.3. The number of imidazole rings is 1. The first kappa shape index (κ1) is 12.0. The minimum atomic E-state index is 0.106. The van der Waals surface area contributed by atoms with Crippen LogP contribution >= 0.6 is 0 Å². The maximum Gasteiger partial charge on any atom is 0.233 e. The number of hydrogen-bond acceptors (Lipinski definition) is 2. The SMILES string of the molecule is Oc1nc2ccccn2c1Cc1cccc2ccccc12. The van der Waals surface area contributed by atoms with Crippen LogP contribution in [-0.2, 0) is 6.42 Å². The lowest BCUT2D eigenvalue weighted by Crippen LogP contribution is -1.95. The van der Waals surface area contributed by atoms with Crippen LogP contribution in [0.5, 0.6) is 5.88 Å². The molecular weight excluding hydrogens is 260 g/mol. The van der Waals surface area contributed by atoms with E-state index >= 15 is 0 Å². The molecule has 0 saturated carbocycles. The Balaban J connectivity index is 1.89. The van der Waals surface area contributed by atoms with E-state index in [4.69, 9.17) is 0 Å². The number of nitrogens with zero attached hydrogens (tertiary/aromatic N) is 2. The van der Waals surface area contributed by atoms with Crippen molar-refractivity contribution in [3.8, 4) is 5.88 Å². The summed E-state index contributed by atoms with van der Waals surface area (Å²) in [6, 6.07) is 20.3. The van der Waals surface area contributed by atoms with Gasteiger partial charge in [0.25, 0.3) is 0 Å². The maximum absolute atomic E-state index is 10.1. The standard InChI is InChI=1S/C18H14N2O/c21-18-16(20-11-4-3-10-17(20)19-18)12-14-8-5-7-13-6-1-2-9-15(13)14/h1-11,21H,12H2. The Bertz CT molecular complexity index is 935. The number of hydrogen-bond donors (Lipinski definition) is 1. The average Bonchev–Trinajstić information content (AvgIpc) is 2.84. The number of fused-ring (bicyclic) bond motifs is 2. The number of aromatic nitrogens is 2. The summed E-state index contributed by atoms with van der Waals surface area (Å²) < 4.78 is 1.94. The van der Waals surface area contributed by atoms with Crippen molar-refractivity contribution in [2.75, 3.05) is 0 Å². The first-order valence-corrected chi connectivity index (χ1v) is 6.94. The minimum absolute atomic E-state index is 0.106. The second-order valence-corrected chi connectivity index (χ2v) is 5.13. The van der Waals surface area contributed by atoms with Crippen LogP contribution in [-0.4, -0.2) is 14.5 Å². The molecule has 1 N–H and O–H groups in total. The molecule has 2 aromatic carbocycles. The first-order chi connectivity index (χ1) is 10.3. The number of aromatic hydroxyl groups is 1. The smallest absolute Gasteiger partial charge is 0.233 e. The van der Waals surface area contributed by atoms with Gasteiger partial charge in [0.05, 0.1) is 5.69 Å². The predicted octanol–water partition coefficient (Wildman–Crippen LogP) is 3.78. The predicted molar refractivity (Wildman–Crippen MR) is 83.6 cm³/mol. The highest BCUT2D eigenvalue weighted by Crippen LogP contribution is 2.25. The Labute approximate surface area is 122 Å². The molecular formula is C18H14N2O. The lowest BCUT2D eigenvalue weighted by atomic mass is 10.0. The molecule has 3 heteroatoms. The van der Waals surface area contributed by atoms with E-state index in [0.29, 0.717) is 6.42 Å². The van der Waals surface area contributed by atoms with E-state index in [2.05, 4.69) is 35.3 Å². The third-order valence-corrected chi connectivity index (χ3v) is 3.85. The Kier molecular flexibility index (Phi) is 2.64. The molecule has 4 aromatic rings. The molecule has 0 aliphatic rings. The maximum atomic E-state index is 10.1. The molecule has 0 bridgehead atoms. The third kappa shape index (κ3) is 1.94. The van der Waals surface area contributed by atoms with E-state index in [0.717, 1.165) is 11.3 Å². The summed E-state index contributed by atoms with van der Waals surface area (Å²) in [7, 11) is 0. The van der Waals surface area contributed by atoms with Gasteiger partial charge in [-0.3, -0.25) is 4.40 Å². The molecule has 0 aliphatic heterocycles. The fourth-order valence-corrected chi connectivity index (χ4v) is 2.83. The van der Waals surface area contributed by atoms with Crippen molar-refractivity contribution in [3.63, 3.8) is 0 Å². The van der Waals surface area contributed by atoms with E-state index in [1.54, 1.807) is 0 Å². The van der Waals surface area contributed by atoms with Gasteiger partial charge in [0, 0.05) is 12.6 Å². The van der Waals surface area contributed by atoms with E-state index in [-0.39, 0.29) is 5.88 Å². The van der Waals surface area contributed by atoms with Gasteiger partial charge < -0.3 is 5.11 Å². The van der Waals surface area contributed by atoms with E-state index in [1.807, 2.05) is 40.9 Å². The van der Waals surface area contributed by atoms with Gasteiger partial charge in [0.1, 0.15) is 5.65 Å². The summed E-state index contributed by atoms with van der Waals surface area (Å²) in [6.07, 6.45) is 2.58. The van der Waals surface area contributed by atoms with Crippen LogP contribution in [0.1, 0.15) is 11.3 Å². The fourth-order valence-electron chi connectivity index (χ4n) is 2.83. The molecule has 4 rings (SSSR count). The van der Waals surface area contributed by atoms with Gasteiger partial charge in [0.15, 0.2) is 0 Å². The lowest BCUT2D eigenvalue weighted by molar-refractivity contribution is 0.451. The lowest BCUT2D eigenvalue weighted by Gasteiger charge is -2.07. The van der Waals surface area contributed by atoms with Crippen LogP contribution in [0.3, 0.4) is 0 Å². The summed E-state index contributed by atoms with van der Waals surface area (Å²) in [4.78, 5) is 4.21. The zero-order valence-electron chi connectivity index (χ0n) is 11.4. The molecule has 0 radical (unpaired) electrons. The van der Waals surface area contributed by atoms with E-state index in [1.165, 1.54) is 16.3 Å². The molecule has 0 spiro atoms. The fraction of sp³-hybridized carbons (Fsp3) is 0.0556. The van der Waals surface area contributed by atoms with Crippen LogP contribution in [0.25, 0.3) is 16.4 Å². The van der Waals surface area contributed by atoms with Gasteiger partial charge in [-0.2, -0.15) is 4.98 Å². The average molecular weight is 274 g/mol. The van der Waals surface area contributed by atoms with Crippen LogP contribution in [0.2, 0.25) is 0 Å². The topological polar surface area (TPSA) is 37.5 Å². The van der Waals surface area contributed by atoms with Gasteiger partial charge in [0.2, 0.25) is 5.88 Å². The summed E-state index contributed by atoms with van der Waals surface area (Å²) in [6.45, 7) is 0. The summed E-state index contributed by atoms with van der Waals surface area (Å²) in [5.41, 5.74) is 2.78. The monoisotopic (exact) mass is 274 g/mol. The van der Waals surface area contributed by atoms with Crippen LogP contribution < -0.4 is 0 Å². The van der Waals surface area contributed by atoms with Crippen molar-refractivity contribution in [1.29, 1.82) is 0 Å². The van der Waals surface area contributed by atoms with Gasteiger partial charge in [-0.15, -0.1) is 0 Å². The molecule has 0 amide bonds. The highest BCUT2D eigenvalue weighted by Gasteiger charge is 2.12. The van der Waals surface area contributed by atoms with Crippen molar-refractivity contribution < 1.29 is 5.11 Å². The van der Waals surface area contributed by atoms with Crippen molar-refractivity contribution >= 4 is 16.4 Å². The van der Waals surface area contributed by atoms with Gasteiger partial charge in [-0.25, -0.2) is 0 Å². The molecule has 2 heterocycles. The zero-order chi connectivity index (χ0) is 14.2. The largest absolute Gasteiger partial charge is 0.492 e. The van der Waals surface area contributed by atoms with Crippen molar-refractivity contribution in [2.24, 2.45) is 0 Å². The van der Waals surface area contributed by atoms with E-state index in [9.17, 15) is 5.11 Å². The quantitative estimate of drug-likeness (QED) is 0.604. The normalized spacial score (nSPS) is 11.2. The third-order valence-electron chi connectivity index (χ3n) is 3.85. The highest BCUT2D eigenvalue weighted by molar-refractivity contribution is 5.86. The summed E-state index contributed by atoms with van der Waals surface area (Å²) in [5, 5.41) is 12.6. The van der Waals surface area contributed by atoms with Gasteiger partial charge >= 0.3 is 0 Å². The molecule has 0 fully saturated rings. The second-order valence-electron chi connectivity index (χ2n) is 5.13. The van der Waals surface area contributed by atoms with Crippen molar-refractivity contribution in [1.82, 2.24) is 9.38 Å². The molecule has 21 heavy (non-hydrogen) atoms. The molecule has 3 nitrogen and oxygen atoms in total. The minimum Gasteiger partial charge on any atom is -0.492 e. The van der Waals surface area contributed by atoms with Crippen LogP contribution in [0.4, 0.5) is 0 Å². The molecule has 2 aromatic heterocycles. The van der Waals surface area contributed by atoms with Crippen LogP contribution in [0, 0.1) is 0 Å². The Hall–Kier alpha value is -2.81. The van der Waals surface area contributed by atoms with Crippen molar-refractivity contribution in [3.05, 3.63) is 78.1 Å². The molecule has 102 valence electrons. The summed E-state index contributed by atoms with van der Waals surface area (Å²) >= 11 is 0. The Morgan fingerprint density at radius 3 is 2.67 bits per heavy atom. The van der Waals surface area contributed by atoms with Crippen molar-refractivity contribution in [2.45, 2.75) is 6.42 Å². The first-order valence-electron chi connectivity index (χ1n) is 6.94. The Morgan fingerprint density at radius 2 is 1.71 bits per heavy atom. The Morgan fingerprint density at radius 1 is 0.905 bits per heavy atom. The zero-order valence-corrected chi connectivity index (χ0v) is 11.4. The van der Waals surface area contributed by atoms with Crippen LogP contribution in [0.15, 0.2) is 66.9 Å². The van der Waals surface area contributed by atoms with Gasteiger partial charge in [-0.1, -0.05) is 48.5 Å². The number of benzene rings is 2.